The van der Waals surface area contributed by atoms with Gasteiger partial charge in [-0.2, -0.15) is 0 Å². The van der Waals surface area contributed by atoms with Gasteiger partial charge in [0.1, 0.15) is 0 Å². The van der Waals surface area contributed by atoms with Crippen LogP contribution in [0.1, 0.15) is 44.9 Å². The summed E-state index contributed by atoms with van der Waals surface area (Å²) in [6.45, 7) is 6.29. The van der Waals surface area contributed by atoms with Crippen molar-refractivity contribution in [3.8, 4) is 0 Å². The highest BCUT2D eigenvalue weighted by molar-refractivity contribution is 5.45. The fraction of sp³-hybridized carbons (Fsp3) is 0.643. The Morgan fingerprint density at radius 3 is 2.94 bits per heavy atom. The molecule has 3 nitrogen and oxygen atoms in total. The van der Waals surface area contributed by atoms with E-state index in [1.165, 1.54) is 24.9 Å². The molecule has 1 aliphatic heterocycles. The third kappa shape index (κ3) is 2.97. The van der Waals surface area contributed by atoms with E-state index in [4.69, 9.17) is 0 Å². The number of pyridine rings is 1. The number of aliphatic hydroxyl groups is 1. The van der Waals surface area contributed by atoms with Gasteiger partial charge in [-0.25, -0.2) is 0 Å². The lowest BCUT2D eigenvalue weighted by molar-refractivity contribution is 0.194. The Morgan fingerprint density at radius 1 is 1.53 bits per heavy atom. The molecule has 0 aliphatic carbocycles. The predicted octanol–water partition coefficient (Wildman–Crippen LogP) is 2.76. The maximum atomic E-state index is 9.42. The zero-order valence-corrected chi connectivity index (χ0v) is 10.8. The van der Waals surface area contributed by atoms with Crippen molar-refractivity contribution in [3.05, 3.63) is 24.0 Å². The van der Waals surface area contributed by atoms with E-state index in [1.807, 2.05) is 12.3 Å². The molecule has 2 unspecified atom stereocenters. The van der Waals surface area contributed by atoms with Crippen LogP contribution in [-0.4, -0.2) is 23.2 Å². The van der Waals surface area contributed by atoms with Gasteiger partial charge >= 0.3 is 0 Å². The molecule has 0 saturated carbocycles. The van der Waals surface area contributed by atoms with E-state index in [9.17, 15) is 5.11 Å². The summed E-state index contributed by atoms with van der Waals surface area (Å²) >= 11 is 0. The molecule has 1 aliphatic rings. The van der Waals surface area contributed by atoms with Gasteiger partial charge in [-0.15, -0.1) is 0 Å². The first-order valence-electron chi connectivity index (χ1n) is 6.59. The highest BCUT2D eigenvalue weighted by atomic mass is 16.3. The molecule has 1 fully saturated rings. The van der Waals surface area contributed by atoms with Crippen LogP contribution in [0.5, 0.6) is 0 Å². The first kappa shape index (κ1) is 12.4. The molecule has 0 amide bonds. The van der Waals surface area contributed by atoms with Crippen molar-refractivity contribution < 1.29 is 5.11 Å². The first-order chi connectivity index (χ1) is 8.20. The predicted molar refractivity (Wildman–Crippen MR) is 70.1 cm³/mol. The number of aromatic nitrogens is 1. The Hall–Kier alpha value is -1.09. The van der Waals surface area contributed by atoms with Crippen LogP contribution in [0.2, 0.25) is 0 Å². The second kappa shape index (κ2) is 5.50. The minimum atomic E-state index is -0.476. The van der Waals surface area contributed by atoms with Crippen LogP contribution in [0, 0.1) is 5.92 Å². The third-order valence-electron chi connectivity index (χ3n) is 3.55. The standard InChI is InChI=1S/C14H22N2O/c1-3-4-12-7-8-16(10-12)13-5-6-14(11(2)17)15-9-13/h5-6,9,11-12,17H,3-4,7-8,10H2,1-2H3. The second-order valence-electron chi connectivity index (χ2n) is 5.01. The lowest BCUT2D eigenvalue weighted by Crippen LogP contribution is -2.19. The van der Waals surface area contributed by atoms with Crippen LogP contribution >= 0.6 is 0 Å². The quantitative estimate of drug-likeness (QED) is 0.870. The number of rotatable bonds is 4. The van der Waals surface area contributed by atoms with Crippen LogP contribution in [-0.2, 0) is 0 Å². The number of hydrogen-bond donors (Lipinski definition) is 1. The molecular weight excluding hydrogens is 212 g/mol. The van der Waals surface area contributed by atoms with E-state index in [1.54, 1.807) is 6.92 Å². The topological polar surface area (TPSA) is 36.4 Å². The minimum Gasteiger partial charge on any atom is -0.387 e. The summed E-state index contributed by atoms with van der Waals surface area (Å²) in [5.41, 5.74) is 1.94. The summed E-state index contributed by atoms with van der Waals surface area (Å²) in [5, 5.41) is 9.42. The van der Waals surface area contributed by atoms with Gasteiger partial charge in [0.15, 0.2) is 0 Å². The van der Waals surface area contributed by atoms with E-state index in [0.29, 0.717) is 0 Å². The molecule has 1 aromatic heterocycles. The van der Waals surface area contributed by atoms with Crippen LogP contribution in [0.3, 0.4) is 0 Å². The van der Waals surface area contributed by atoms with Gasteiger partial charge in [-0.05, 0) is 37.8 Å². The van der Waals surface area contributed by atoms with Crippen LogP contribution in [0.25, 0.3) is 0 Å². The fourth-order valence-corrected chi connectivity index (χ4v) is 2.54. The molecule has 0 aromatic carbocycles. The average molecular weight is 234 g/mol. The molecular formula is C14H22N2O. The Bertz CT molecular complexity index is 348. The van der Waals surface area contributed by atoms with Crippen LogP contribution < -0.4 is 4.90 Å². The zero-order valence-electron chi connectivity index (χ0n) is 10.8. The second-order valence-corrected chi connectivity index (χ2v) is 5.01. The van der Waals surface area contributed by atoms with Crippen molar-refractivity contribution in [2.24, 2.45) is 5.92 Å². The molecule has 1 N–H and O–H groups in total. The number of aliphatic hydroxyl groups excluding tert-OH is 1. The number of anilines is 1. The van der Waals surface area contributed by atoms with Gasteiger partial charge < -0.3 is 10.0 Å². The molecule has 2 heterocycles. The van der Waals surface area contributed by atoms with Gasteiger partial charge in [-0.1, -0.05) is 13.3 Å². The monoisotopic (exact) mass is 234 g/mol. The molecule has 1 saturated heterocycles. The Labute approximate surface area is 103 Å². The van der Waals surface area contributed by atoms with Gasteiger partial charge in [0.05, 0.1) is 23.7 Å². The lowest BCUT2D eigenvalue weighted by Gasteiger charge is -2.18. The van der Waals surface area contributed by atoms with Gasteiger partial charge in [0.2, 0.25) is 0 Å². The number of hydrogen-bond acceptors (Lipinski definition) is 3. The van der Waals surface area contributed by atoms with Crippen molar-refractivity contribution >= 4 is 5.69 Å². The lowest BCUT2D eigenvalue weighted by atomic mass is 10.0. The molecule has 2 atom stereocenters. The summed E-state index contributed by atoms with van der Waals surface area (Å²) in [6, 6.07) is 4.00. The summed E-state index contributed by atoms with van der Waals surface area (Å²) in [6.07, 6.45) is 5.31. The van der Waals surface area contributed by atoms with Crippen LogP contribution in [0.4, 0.5) is 5.69 Å². The summed E-state index contributed by atoms with van der Waals surface area (Å²) < 4.78 is 0. The van der Waals surface area contributed by atoms with Gasteiger partial charge in [0, 0.05) is 13.1 Å². The van der Waals surface area contributed by atoms with E-state index >= 15 is 0 Å². The van der Waals surface area contributed by atoms with Crippen LogP contribution in [0.15, 0.2) is 18.3 Å². The number of nitrogens with zero attached hydrogens (tertiary/aromatic N) is 2. The van der Waals surface area contributed by atoms with E-state index in [-0.39, 0.29) is 0 Å². The smallest absolute Gasteiger partial charge is 0.0931 e. The molecule has 0 radical (unpaired) electrons. The fourth-order valence-electron chi connectivity index (χ4n) is 2.54. The average Bonchev–Trinajstić information content (AvgIpc) is 2.78. The summed E-state index contributed by atoms with van der Waals surface area (Å²) in [7, 11) is 0. The van der Waals surface area contributed by atoms with Crippen molar-refractivity contribution in [3.63, 3.8) is 0 Å². The van der Waals surface area contributed by atoms with E-state index < -0.39 is 6.10 Å². The molecule has 94 valence electrons. The van der Waals surface area contributed by atoms with Crippen molar-refractivity contribution in [1.82, 2.24) is 4.98 Å². The Morgan fingerprint density at radius 2 is 2.35 bits per heavy atom. The highest BCUT2D eigenvalue weighted by Gasteiger charge is 2.22. The maximum Gasteiger partial charge on any atom is 0.0931 e. The van der Waals surface area contributed by atoms with Gasteiger partial charge in [-0.3, -0.25) is 4.98 Å². The molecule has 1 aromatic rings. The molecule has 0 spiro atoms. The van der Waals surface area contributed by atoms with Crippen molar-refractivity contribution in [2.45, 2.75) is 39.2 Å². The third-order valence-corrected chi connectivity index (χ3v) is 3.55. The normalized spacial score (nSPS) is 21.8. The molecule has 2 rings (SSSR count). The largest absolute Gasteiger partial charge is 0.387 e. The first-order valence-corrected chi connectivity index (χ1v) is 6.59. The van der Waals surface area contributed by atoms with Gasteiger partial charge in [0.25, 0.3) is 0 Å². The van der Waals surface area contributed by atoms with Crippen molar-refractivity contribution in [1.29, 1.82) is 0 Å². The maximum absolute atomic E-state index is 9.42. The van der Waals surface area contributed by atoms with E-state index in [2.05, 4.69) is 22.9 Å². The summed E-state index contributed by atoms with van der Waals surface area (Å²) in [4.78, 5) is 6.70. The zero-order chi connectivity index (χ0) is 12.3. The summed E-state index contributed by atoms with van der Waals surface area (Å²) in [5.74, 6) is 0.844. The Balaban J connectivity index is 1.99. The molecule has 3 heteroatoms. The Kier molecular flexibility index (Phi) is 4.00. The van der Waals surface area contributed by atoms with Crippen molar-refractivity contribution in [2.75, 3.05) is 18.0 Å². The highest BCUT2D eigenvalue weighted by Crippen LogP contribution is 2.26. The molecule has 0 bridgehead atoms. The SMILES string of the molecule is CCCC1CCN(c2ccc(C(C)O)nc2)C1. The van der Waals surface area contributed by atoms with E-state index in [0.717, 1.165) is 24.7 Å². The molecule has 17 heavy (non-hydrogen) atoms. The minimum absolute atomic E-state index is 0.476.